The van der Waals surface area contributed by atoms with Crippen LogP contribution in [0.1, 0.15) is 12.1 Å². The van der Waals surface area contributed by atoms with Crippen LogP contribution in [0, 0.1) is 0 Å². The number of carboxylic acids is 1. The third-order valence-corrected chi connectivity index (χ3v) is 7.44. The predicted octanol–water partition coefficient (Wildman–Crippen LogP) is -0.833. The Kier molecular flexibility index (Phi) is 5.72. The van der Waals surface area contributed by atoms with Gasteiger partial charge in [0, 0.05) is 5.38 Å². The minimum absolute atomic E-state index is 0.0785. The summed E-state index contributed by atoms with van der Waals surface area (Å²) in [4.78, 5) is 70.2. The van der Waals surface area contributed by atoms with Crippen LogP contribution in [0.5, 0.6) is 0 Å². The van der Waals surface area contributed by atoms with Crippen LogP contribution in [-0.4, -0.2) is 85.7 Å². The number of carbonyl (C=O) groups is 5. The lowest BCUT2D eigenvalue weighted by Crippen LogP contribution is -2.75. The molecule has 0 aliphatic carbocycles. The fourth-order valence-electron chi connectivity index (χ4n) is 3.56. The lowest BCUT2D eigenvalue weighted by Gasteiger charge is -2.46. The standard InChI is InChI=1S/C16H14ClN5O8S2/c1-29-21-9(5-4-31-15(18-5)19-7(23)3-17)11(25)20-10-12(26)22-13(10)32-6-2-8(24)30-16(6,22)14(27)28/h4,6,10,13H,2-3H2,1H3,(H,20,25)(H,27,28)(H,18,19,23)/b21-9-/t6-,10-,13-,16-/m1/s1. The van der Waals surface area contributed by atoms with Crippen LogP contribution < -0.4 is 10.6 Å². The van der Waals surface area contributed by atoms with Crippen molar-refractivity contribution in [3.8, 4) is 0 Å². The van der Waals surface area contributed by atoms with Crippen molar-refractivity contribution in [1.82, 2.24) is 15.2 Å². The predicted molar refractivity (Wildman–Crippen MR) is 110 cm³/mol. The number of nitrogens with zero attached hydrogens (tertiary/aromatic N) is 3. The van der Waals surface area contributed by atoms with Crippen LogP contribution >= 0.6 is 34.7 Å². The molecule has 0 bridgehead atoms. The number of esters is 1. The average molecular weight is 504 g/mol. The Bertz CT molecular complexity index is 1060. The van der Waals surface area contributed by atoms with Gasteiger partial charge < -0.3 is 25.3 Å². The molecular weight excluding hydrogens is 490 g/mol. The minimum atomic E-state index is -2.07. The van der Waals surface area contributed by atoms with Gasteiger partial charge in [-0.3, -0.25) is 24.1 Å². The summed E-state index contributed by atoms with van der Waals surface area (Å²) in [5.41, 5.74) is -2.25. The Morgan fingerprint density at radius 2 is 2.22 bits per heavy atom. The summed E-state index contributed by atoms with van der Waals surface area (Å²) >= 11 is 7.53. The van der Waals surface area contributed by atoms with Crippen LogP contribution in [0.2, 0.25) is 0 Å². The number of hydrogen-bond acceptors (Lipinski definition) is 11. The van der Waals surface area contributed by atoms with Crippen molar-refractivity contribution in [2.75, 3.05) is 18.3 Å². The topological polar surface area (TPSA) is 177 Å². The number of amides is 3. The summed E-state index contributed by atoms with van der Waals surface area (Å²) in [7, 11) is 1.21. The number of carboxylic acid groups (broad SMARTS) is 1. The van der Waals surface area contributed by atoms with Gasteiger partial charge in [-0.25, -0.2) is 9.78 Å². The number of carbonyl (C=O) groups excluding carboxylic acids is 4. The number of rotatable bonds is 7. The van der Waals surface area contributed by atoms with E-state index in [-0.39, 0.29) is 28.8 Å². The van der Waals surface area contributed by atoms with Gasteiger partial charge in [-0.05, 0) is 0 Å². The summed E-state index contributed by atoms with van der Waals surface area (Å²) in [5, 5.41) is 18.3. The molecule has 1 aromatic rings. The summed E-state index contributed by atoms with van der Waals surface area (Å²) in [6, 6.07) is -1.07. The van der Waals surface area contributed by atoms with E-state index in [1.165, 1.54) is 12.5 Å². The molecule has 4 heterocycles. The first-order valence-corrected chi connectivity index (χ1v) is 11.3. The highest BCUT2D eigenvalue weighted by Crippen LogP contribution is 2.55. The Morgan fingerprint density at radius 3 is 2.88 bits per heavy atom. The molecule has 3 saturated heterocycles. The Labute approximate surface area is 192 Å². The third-order valence-electron chi connectivity index (χ3n) is 4.87. The number of aliphatic carboxylic acids is 1. The van der Waals surface area contributed by atoms with Crippen LogP contribution in [0.4, 0.5) is 5.13 Å². The van der Waals surface area contributed by atoms with Crippen LogP contribution in [-0.2, 0) is 33.5 Å². The highest BCUT2D eigenvalue weighted by Gasteiger charge is 2.75. The number of ether oxygens (including phenoxy) is 1. The molecule has 0 unspecified atom stereocenters. The molecule has 3 aliphatic heterocycles. The highest BCUT2D eigenvalue weighted by molar-refractivity contribution is 8.01. The van der Waals surface area contributed by atoms with Crippen molar-refractivity contribution in [1.29, 1.82) is 0 Å². The number of β-lactam (4-membered cyclic amide) rings is 1. The maximum Gasteiger partial charge on any atom is 0.371 e. The van der Waals surface area contributed by atoms with E-state index in [1.54, 1.807) is 0 Å². The first-order valence-electron chi connectivity index (χ1n) is 8.90. The number of alkyl halides is 1. The third kappa shape index (κ3) is 3.36. The van der Waals surface area contributed by atoms with E-state index in [2.05, 4.69) is 20.8 Å². The molecule has 0 spiro atoms. The molecule has 0 radical (unpaired) electrons. The molecule has 32 heavy (non-hydrogen) atoms. The van der Waals surface area contributed by atoms with E-state index >= 15 is 0 Å². The van der Waals surface area contributed by atoms with E-state index in [0.717, 1.165) is 28.0 Å². The second kappa shape index (κ2) is 8.22. The first-order chi connectivity index (χ1) is 15.2. The number of anilines is 1. The maximum absolute atomic E-state index is 12.8. The number of hydrogen-bond donors (Lipinski definition) is 3. The van der Waals surface area contributed by atoms with Gasteiger partial charge in [0.1, 0.15) is 30.1 Å². The van der Waals surface area contributed by atoms with E-state index in [9.17, 15) is 29.1 Å². The molecule has 3 N–H and O–H groups in total. The van der Waals surface area contributed by atoms with Crippen molar-refractivity contribution in [3.63, 3.8) is 0 Å². The van der Waals surface area contributed by atoms with E-state index in [4.69, 9.17) is 21.2 Å². The zero-order chi connectivity index (χ0) is 23.2. The second-order valence-electron chi connectivity index (χ2n) is 6.70. The molecule has 3 fully saturated rings. The molecule has 0 saturated carbocycles. The average Bonchev–Trinajstić information content (AvgIpc) is 3.40. The highest BCUT2D eigenvalue weighted by atomic mass is 35.5. The van der Waals surface area contributed by atoms with Crippen LogP contribution in [0.25, 0.3) is 0 Å². The Morgan fingerprint density at radius 1 is 1.47 bits per heavy atom. The van der Waals surface area contributed by atoms with Gasteiger partial charge in [-0.15, -0.1) is 34.7 Å². The lowest BCUT2D eigenvalue weighted by atomic mass is 9.98. The summed E-state index contributed by atoms with van der Waals surface area (Å²) in [6.45, 7) is 0. The maximum atomic E-state index is 12.8. The molecule has 4 atom stereocenters. The van der Waals surface area contributed by atoms with Crippen molar-refractivity contribution in [2.24, 2.45) is 5.16 Å². The fourth-order valence-corrected chi connectivity index (χ4v) is 6.07. The molecule has 13 nitrogen and oxygen atoms in total. The molecule has 16 heteroatoms. The van der Waals surface area contributed by atoms with Crippen molar-refractivity contribution >= 4 is 75.2 Å². The second-order valence-corrected chi connectivity index (χ2v) is 9.15. The van der Waals surface area contributed by atoms with Gasteiger partial charge in [0.05, 0.1) is 11.7 Å². The molecule has 0 aromatic carbocycles. The number of oxime groups is 1. The first kappa shape index (κ1) is 22.3. The van der Waals surface area contributed by atoms with Gasteiger partial charge in [0.2, 0.25) is 5.91 Å². The van der Waals surface area contributed by atoms with Crippen LogP contribution in [0.15, 0.2) is 10.5 Å². The monoisotopic (exact) mass is 503 g/mol. The minimum Gasteiger partial charge on any atom is -0.477 e. The Balaban J connectivity index is 1.50. The van der Waals surface area contributed by atoms with Gasteiger partial charge >= 0.3 is 11.9 Å². The number of thioether (sulfide) groups is 1. The van der Waals surface area contributed by atoms with Crippen molar-refractivity contribution in [2.45, 2.75) is 28.8 Å². The van der Waals surface area contributed by atoms with Gasteiger partial charge in [0.25, 0.3) is 17.5 Å². The zero-order valence-electron chi connectivity index (χ0n) is 16.1. The lowest BCUT2D eigenvalue weighted by molar-refractivity contribution is -0.204. The molecule has 1 aromatic heterocycles. The number of halogens is 1. The normalized spacial score (nSPS) is 28.4. The summed E-state index contributed by atoms with van der Waals surface area (Å²) in [6.07, 6.45) is -0.163. The molecule has 3 aliphatic rings. The fraction of sp³-hybridized carbons (Fsp3) is 0.438. The number of fused-ring (bicyclic) bond motifs is 3. The summed E-state index contributed by atoms with van der Waals surface area (Å²) in [5.74, 6) is -4.43. The smallest absolute Gasteiger partial charge is 0.371 e. The largest absolute Gasteiger partial charge is 0.477 e. The SMILES string of the molecule is CO/N=C(\C(=O)N[C@@H]1C(=O)N2[C@@H]1S[C@@H]1CC(=O)O[C@@]12C(=O)O)c1csc(NC(=O)CCl)n1. The Hall–Kier alpha value is -2.91. The number of nitrogens with one attached hydrogen (secondary N) is 2. The number of aromatic nitrogens is 1. The molecular formula is C16H14ClN5O8S2. The quantitative estimate of drug-likeness (QED) is 0.140. The van der Waals surface area contributed by atoms with Gasteiger partial charge in [-0.1, -0.05) is 5.16 Å². The van der Waals surface area contributed by atoms with Crippen molar-refractivity contribution in [3.05, 3.63) is 11.1 Å². The van der Waals surface area contributed by atoms with Crippen LogP contribution in [0.3, 0.4) is 0 Å². The zero-order valence-corrected chi connectivity index (χ0v) is 18.5. The van der Waals surface area contributed by atoms with E-state index in [1.807, 2.05) is 0 Å². The number of thiazole rings is 1. The molecule has 4 rings (SSSR count). The molecule has 3 amide bonds. The molecule has 170 valence electrons. The van der Waals surface area contributed by atoms with Crippen molar-refractivity contribution < 1.29 is 38.7 Å². The van der Waals surface area contributed by atoms with Gasteiger partial charge in [0.15, 0.2) is 10.8 Å². The van der Waals surface area contributed by atoms with E-state index in [0.29, 0.717) is 0 Å². The van der Waals surface area contributed by atoms with Gasteiger partial charge in [-0.2, -0.15) is 0 Å². The van der Waals surface area contributed by atoms with E-state index < -0.39 is 52.1 Å². The summed E-state index contributed by atoms with van der Waals surface area (Å²) < 4.78 is 5.03.